The Balaban J connectivity index is 2.36. The molecule has 0 aromatic carbocycles. The van der Waals surface area contributed by atoms with Gasteiger partial charge in [-0.3, -0.25) is 4.79 Å². The zero-order chi connectivity index (χ0) is 15.1. The topological polar surface area (TPSA) is 146 Å². The van der Waals surface area contributed by atoms with Crippen LogP contribution in [0.15, 0.2) is 6.33 Å². The van der Waals surface area contributed by atoms with Crippen molar-refractivity contribution in [2.75, 3.05) is 6.54 Å². The molecule has 0 bridgehead atoms. The smallest absolute Gasteiger partial charge is 0.326 e. The first-order valence-corrected chi connectivity index (χ1v) is 5.72. The maximum atomic E-state index is 11.4. The van der Waals surface area contributed by atoms with E-state index in [2.05, 4.69) is 20.8 Å². The van der Waals surface area contributed by atoms with E-state index in [1.54, 1.807) is 11.6 Å². The number of carboxylic acids is 2. The van der Waals surface area contributed by atoms with Gasteiger partial charge in [-0.2, -0.15) is 0 Å². The maximum Gasteiger partial charge on any atom is 0.326 e. The van der Waals surface area contributed by atoms with Crippen LogP contribution < -0.4 is 10.6 Å². The number of aromatic nitrogens is 3. The van der Waals surface area contributed by atoms with Crippen molar-refractivity contribution in [3.63, 3.8) is 0 Å². The summed E-state index contributed by atoms with van der Waals surface area (Å²) >= 11 is 0. The number of hydrogen-bond acceptors (Lipinski definition) is 5. The molecule has 0 radical (unpaired) electrons. The number of rotatable bonds is 7. The Morgan fingerprint density at radius 1 is 1.40 bits per heavy atom. The number of amides is 2. The van der Waals surface area contributed by atoms with Crippen molar-refractivity contribution in [3.8, 4) is 0 Å². The summed E-state index contributed by atoms with van der Waals surface area (Å²) in [5.41, 5.74) is 0. The Labute approximate surface area is 113 Å². The molecule has 0 saturated heterocycles. The first-order chi connectivity index (χ1) is 9.40. The van der Waals surface area contributed by atoms with Crippen LogP contribution in [-0.4, -0.2) is 55.5 Å². The molecule has 0 fully saturated rings. The molecule has 2 amide bonds. The molecular weight excluding hydrogens is 270 g/mol. The van der Waals surface area contributed by atoms with Crippen molar-refractivity contribution < 1.29 is 24.6 Å². The molecule has 1 aromatic heterocycles. The molecule has 0 aliphatic carbocycles. The molecule has 0 aliphatic rings. The molecule has 0 aliphatic heterocycles. The van der Waals surface area contributed by atoms with Gasteiger partial charge in [-0.05, 0) is 0 Å². The third kappa shape index (κ3) is 4.92. The number of aryl methyl sites for hydroxylation is 1. The van der Waals surface area contributed by atoms with Crippen LogP contribution >= 0.6 is 0 Å². The second-order valence-corrected chi connectivity index (χ2v) is 4.00. The van der Waals surface area contributed by atoms with Crippen LogP contribution in [-0.2, 0) is 23.1 Å². The van der Waals surface area contributed by atoms with Gasteiger partial charge in [0.05, 0.1) is 6.42 Å². The summed E-state index contributed by atoms with van der Waals surface area (Å²) in [6.45, 7) is 0.220. The van der Waals surface area contributed by atoms with E-state index in [0.29, 0.717) is 12.2 Å². The van der Waals surface area contributed by atoms with Crippen LogP contribution in [0, 0.1) is 0 Å². The molecule has 1 rings (SSSR count). The quantitative estimate of drug-likeness (QED) is 0.481. The minimum absolute atomic E-state index is 0.220. The third-order valence-corrected chi connectivity index (χ3v) is 2.42. The van der Waals surface area contributed by atoms with Crippen LogP contribution in [0.2, 0.25) is 0 Å². The van der Waals surface area contributed by atoms with Crippen molar-refractivity contribution >= 4 is 18.0 Å². The van der Waals surface area contributed by atoms with Gasteiger partial charge < -0.3 is 25.4 Å². The average molecular weight is 285 g/mol. The van der Waals surface area contributed by atoms with Gasteiger partial charge >= 0.3 is 18.0 Å². The predicted octanol–water partition coefficient (Wildman–Crippen LogP) is -1.42. The van der Waals surface area contributed by atoms with Crippen molar-refractivity contribution in [3.05, 3.63) is 12.2 Å². The number of carbonyl (C=O) groups excluding carboxylic acids is 1. The minimum Gasteiger partial charge on any atom is -0.481 e. The van der Waals surface area contributed by atoms with Crippen LogP contribution in [0.3, 0.4) is 0 Å². The van der Waals surface area contributed by atoms with Crippen molar-refractivity contribution in [1.29, 1.82) is 0 Å². The fourth-order valence-corrected chi connectivity index (χ4v) is 1.41. The van der Waals surface area contributed by atoms with Gasteiger partial charge in [0.1, 0.15) is 18.2 Å². The van der Waals surface area contributed by atoms with Crippen LogP contribution in [0.5, 0.6) is 0 Å². The molecule has 1 heterocycles. The van der Waals surface area contributed by atoms with Gasteiger partial charge in [0.15, 0.2) is 0 Å². The van der Waals surface area contributed by atoms with Crippen molar-refractivity contribution in [2.45, 2.75) is 18.9 Å². The third-order valence-electron chi connectivity index (χ3n) is 2.42. The van der Waals surface area contributed by atoms with Gasteiger partial charge in [0.2, 0.25) is 0 Å². The molecule has 4 N–H and O–H groups in total. The van der Waals surface area contributed by atoms with E-state index in [1.165, 1.54) is 6.33 Å². The highest BCUT2D eigenvalue weighted by Crippen LogP contribution is 1.94. The molecule has 0 unspecified atom stereocenters. The van der Waals surface area contributed by atoms with Gasteiger partial charge in [-0.15, -0.1) is 10.2 Å². The average Bonchev–Trinajstić information content (AvgIpc) is 2.73. The number of aliphatic carboxylic acids is 2. The van der Waals surface area contributed by atoms with Gasteiger partial charge in [-0.25, -0.2) is 9.59 Å². The molecule has 0 spiro atoms. The van der Waals surface area contributed by atoms with E-state index in [-0.39, 0.29) is 6.54 Å². The van der Waals surface area contributed by atoms with E-state index in [9.17, 15) is 14.4 Å². The first-order valence-electron chi connectivity index (χ1n) is 5.72. The summed E-state index contributed by atoms with van der Waals surface area (Å²) in [6.07, 6.45) is 1.25. The summed E-state index contributed by atoms with van der Waals surface area (Å²) in [4.78, 5) is 32.6. The Hall–Kier alpha value is -2.65. The minimum atomic E-state index is -1.47. The predicted molar refractivity (Wildman–Crippen MR) is 64.9 cm³/mol. The highest BCUT2D eigenvalue weighted by Gasteiger charge is 2.22. The zero-order valence-corrected chi connectivity index (χ0v) is 10.7. The molecule has 10 heteroatoms. The lowest BCUT2D eigenvalue weighted by Gasteiger charge is -2.13. The van der Waals surface area contributed by atoms with Crippen LogP contribution in [0.1, 0.15) is 12.2 Å². The molecule has 1 atom stereocenters. The highest BCUT2D eigenvalue weighted by atomic mass is 16.4. The fraction of sp³-hybridized carbons (Fsp3) is 0.500. The second-order valence-electron chi connectivity index (χ2n) is 4.00. The summed E-state index contributed by atoms with van der Waals surface area (Å²) in [7, 11) is 1.75. The number of urea groups is 1. The highest BCUT2D eigenvalue weighted by molar-refractivity contribution is 5.86. The zero-order valence-electron chi connectivity index (χ0n) is 10.7. The number of hydrogen-bond donors (Lipinski definition) is 4. The molecule has 10 nitrogen and oxygen atoms in total. The van der Waals surface area contributed by atoms with E-state index in [4.69, 9.17) is 10.2 Å². The Morgan fingerprint density at radius 2 is 2.10 bits per heavy atom. The van der Waals surface area contributed by atoms with Crippen molar-refractivity contribution in [1.82, 2.24) is 25.4 Å². The number of carboxylic acid groups (broad SMARTS) is 2. The summed E-state index contributed by atoms with van der Waals surface area (Å²) in [5.74, 6) is -2.06. The normalized spacial score (nSPS) is 11.7. The van der Waals surface area contributed by atoms with E-state index >= 15 is 0 Å². The molecule has 1 aromatic rings. The lowest BCUT2D eigenvalue weighted by molar-refractivity contribution is -0.145. The van der Waals surface area contributed by atoms with Gasteiger partial charge in [-0.1, -0.05) is 0 Å². The van der Waals surface area contributed by atoms with Gasteiger partial charge in [0, 0.05) is 20.0 Å². The summed E-state index contributed by atoms with van der Waals surface area (Å²) < 4.78 is 1.68. The Kier molecular flexibility index (Phi) is 5.44. The SMILES string of the molecule is Cn1cnnc1CCNC(=O)N[C@H](CC(=O)O)C(=O)O. The summed E-state index contributed by atoms with van der Waals surface area (Å²) in [6, 6.07) is -2.22. The first kappa shape index (κ1) is 15.4. The number of nitrogens with one attached hydrogen (secondary N) is 2. The Morgan fingerprint density at radius 3 is 2.60 bits per heavy atom. The molecule has 110 valence electrons. The number of nitrogens with zero attached hydrogens (tertiary/aromatic N) is 3. The van der Waals surface area contributed by atoms with E-state index < -0.39 is 30.4 Å². The monoisotopic (exact) mass is 285 g/mol. The largest absolute Gasteiger partial charge is 0.481 e. The van der Waals surface area contributed by atoms with Gasteiger partial charge in [0.25, 0.3) is 0 Å². The Bertz CT molecular complexity index is 500. The van der Waals surface area contributed by atoms with Crippen molar-refractivity contribution in [2.24, 2.45) is 7.05 Å². The lowest BCUT2D eigenvalue weighted by Crippen LogP contribution is -2.47. The molecular formula is C10H15N5O5. The maximum absolute atomic E-state index is 11.4. The standard InChI is InChI=1S/C10H15N5O5/c1-15-5-12-14-7(15)2-3-11-10(20)13-6(9(18)19)4-8(16)17/h5-6H,2-4H2,1H3,(H,16,17)(H,18,19)(H2,11,13,20)/t6-/m1/s1. The summed E-state index contributed by atoms with van der Waals surface area (Å²) in [5, 5.41) is 29.2. The van der Waals surface area contributed by atoms with Crippen LogP contribution in [0.4, 0.5) is 4.79 Å². The fourth-order valence-electron chi connectivity index (χ4n) is 1.41. The molecule has 20 heavy (non-hydrogen) atoms. The van der Waals surface area contributed by atoms with E-state index in [1.807, 2.05) is 0 Å². The molecule has 0 saturated carbocycles. The lowest BCUT2D eigenvalue weighted by atomic mass is 10.2. The number of carbonyl (C=O) groups is 3. The second kappa shape index (κ2) is 7.07. The van der Waals surface area contributed by atoms with E-state index in [0.717, 1.165) is 0 Å². The van der Waals surface area contributed by atoms with Crippen LogP contribution in [0.25, 0.3) is 0 Å².